The fraction of sp³-hybridized carbons (Fsp3) is 0.467. The fourth-order valence-electron chi connectivity index (χ4n) is 2.89. The number of piperidine rings is 1. The number of oxazole rings is 1. The number of fused-ring (bicyclic) bond motifs is 1. The number of rotatable bonds is 3. The summed E-state index contributed by atoms with van der Waals surface area (Å²) in [6.07, 6.45) is 2.03. The summed E-state index contributed by atoms with van der Waals surface area (Å²) in [6, 6.07) is 5.06. The van der Waals surface area contributed by atoms with Crippen molar-refractivity contribution in [1.82, 2.24) is 14.8 Å². The highest BCUT2D eigenvalue weighted by molar-refractivity contribution is 6.31. The molecule has 7 heteroatoms. The van der Waals surface area contributed by atoms with Crippen LogP contribution in [0.2, 0.25) is 5.02 Å². The number of likely N-dealkylation sites (N-methyl/N-ethyl adjacent to an activating group) is 1. The maximum Gasteiger partial charge on any atom is 0.420 e. The molecule has 0 spiro atoms. The second-order valence-corrected chi connectivity index (χ2v) is 6.17. The number of nitrogens with one attached hydrogen (secondary N) is 1. The molecule has 0 radical (unpaired) electrons. The van der Waals surface area contributed by atoms with Gasteiger partial charge in [0.25, 0.3) is 0 Å². The molecule has 1 aromatic heterocycles. The van der Waals surface area contributed by atoms with Gasteiger partial charge in [-0.2, -0.15) is 0 Å². The average Bonchev–Trinajstić information content (AvgIpc) is 2.74. The highest BCUT2D eigenvalue weighted by Gasteiger charge is 2.20. The normalized spacial score (nSPS) is 19.5. The molecular formula is C15H18ClN3O3. The predicted octanol–water partition coefficient (Wildman–Crippen LogP) is 1.46. The lowest BCUT2D eigenvalue weighted by atomic mass is 10.1. The van der Waals surface area contributed by atoms with Gasteiger partial charge < -0.3 is 14.6 Å². The Kier molecular flexibility index (Phi) is 4.22. The number of amides is 1. The third-order valence-corrected chi connectivity index (χ3v) is 4.16. The SMILES string of the molecule is CN1CCC[C@H](NC(=O)Cn2c(=O)oc3cc(Cl)ccc32)C1. The average molecular weight is 324 g/mol. The van der Waals surface area contributed by atoms with Gasteiger partial charge in [0.05, 0.1) is 5.52 Å². The molecule has 0 aliphatic carbocycles. The summed E-state index contributed by atoms with van der Waals surface area (Å²) < 4.78 is 6.45. The molecular weight excluding hydrogens is 306 g/mol. The molecule has 1 aromatic carbocycles. The summed E-state index contributed by atoms with van der Waals surface area (Å²) in [5.41, 5.74) is 0.966. The topological polar surface area (TPSA) is 67.5 Å². The monoisotopic (exact) mass is 323 g/mol. The first-order valence-electron chi connectivity index (χ1n) is 7.30. The number of carbonyl (C=O) groups excluding carboxylic acids is 1. The molecule has 1 N–H and O–H groups in total. The van der Waals surface area contributed by atoms with Crippen LogP contribution in [0, 0.1) is 0 Å². The van der Waals surface area contributed by atoms with E-state index in [1.165, 1.54) is 4.57 Å². The van der Waals surface area contributed by atoms with E-state index < -0.39 is 5.76 Å². The summed E-state index contributed by atoms with van der Waals surface area (Å²) in [7, 11) is 2.04. The number of benzene rings is 1. The summed E-state index contributed by atoms with van der Waals surface area (Å²) in [6.45, 7) is 1.84. The van der Waals surface area contributed by atoms with E-state index in [1.54, 1.807) is 18.2 Å². The van der Waals surface area contributed by atoms with E-state index in [4.69, 9.17) is 16.0 Å². The molecule has 0 bridgehead atoms. The lowest BCUT2D eigenvalue weighted by molar-refractivity contribution is -0.122. The van der Waals surface area contributed by atoms with Crippen molar-refractivity contribution in [2.45, 2.75) is 25.4 Å². The molecule has 1 saturated heterocycles. The summed E-state index contributed by atoms with van der Waals surface area (Å²) in [5.74, 6) is -0.728. The number of aromatic nitrogens is 1. The molecule has 6 nitrogen and oxygen atoms in total. The van der Waals surface area contributed by atoms with Crippen molar-refractivity contribution in [3.8, 4) is 0 Å². The van der Waals surface area contributed by atoms with Crippen LogP contribution in [0.1, 0.15) is 12.8 Å². The molecule has 1 aliphatic heterocycles. The predicted molar refractivity (Wildman–Crippen MR) is 84.1 cm³/mol. The Hall–Kier alpha value is -1.79. The minimum absolute atomic E-state index is 0.0479. The van der Waals surface area contributed by atoms with Gasteiger partial charge in [-0.05, 0) is 38.6 Å². The van der Waals surface area contributed by atoms with Crippen molar-refractivity contribution < 1.29 is 9.21 Å². The summed E-state index contributed by atoms with van der Waals surface area (Å²) in [5, 5.41) is 3.47. The van der Waals surface area contributed by atoms with Gasteiger partial charge in [0.1, 0.15) is 6.54 Å². The largest absolute Gasteiger partial charge is 0.420 e. The second-order valence-electron chi connectivity index (χ2n) is 5.74. The number of hydrogen-bond acceptors (Lipinski definition) is 4. The molecule has 0 saturated carbocycles. The fourth-order valence-corrected chi connectivity index (χ4v) is 3.05. The van der Waals surface area contributed by atoms with Crippen molar-refractivity contribution in [2.24, 2.45) is 0 Å². The van der Waals surface area contributed by atoms with Gasteiger partial charge in [0.15, 0.2) is 5.58 Å². The molecule has 1 aliphatic rings. The van der Waals surface area contributed by atoms with E-state index in [0.717, 1.165) is 25.9 Å². The van der Waals surface area contributed by atoms with Crippen molar-refractivity contribution in [1.29, 1.82) is 0 Å². The van der Waals surface area contributed by atoms with Crippen LogP contribution in [-0.4, -0.2) is 41.6 Å². The van der Waals surface area contributed by atoms with E-state index in [0.29, 0.717) is 16.1 Å². The van der Waals surface area contributed by atoms with Crippen LogP contribution in [0.3, 0.4) is 0 Å². The number of likely N-dealkylation sites (tertiary alicyclic amines) is 1. The van der Waals surface area contributed by atoms with Crippen LogP contribution in [-0.2, 0) is 11.3 Å². The lowest BCUT2D eigenvalue weighted by Gasteiger charge is -2.30. The minimum atomic E-state index is -0.548. The van der Waals surface area contributed by atoms with E-state index >= 15 is 0 Å². The molecule has 3 rings (SSSR count). The summed E-state index contributed by atoms with van der Waals surface area (Å²) >= 11 is 5.87. The van der Waals surface area contributed by atoms with Crippen molar-refractivity contribution in [2.75, 3.05) is 20.1 Å². The van der Waals surface area contributed by atoms with Gasteiger partial charge in [-0.3, -0.25) is 9.36 Å². The molecule has 1 atom stereocenters. The highest BCUT2D eigenvalue weighted by Crippen LogP contribution is 2.18. The first-order valence-corrected chi connectivity index (χ1v) is 7.67. The Bertz CT molecular complexity index is 752. The number of nitrogens with zero attached hydrogens (tertiary/aromatic N) is 2. The van der Waals surface area contributed by atoms with Crippen LogP contribution in [0.25, 0.3) is 11.1 Å². The second kappa shape index (κ2) is 6.14. The standard InChI is InChI=1S/C15H18ClN3O3/c1-18-6-2-3-11(8-18)17-14(20)9-19-12-5-4-10(16)7-13(12)22-15(19)21/h4-5,7,11H,2-3,6,8-9H2,1H3,(H,17,20)/t11-/m0/s1. The third kappa shape index (κ3) is 3.18. The molecule has 1 amide bonds. The zero-order valence-corrected chi connectivity index (χ0v) is 13.1. The summed E-state index contributed by atoms with van der Waals surface area (Å²) in [4.78, 5) is 26.3. The van der Waals surface area contributed by atoms with Gasteiger partial charge in [0, 0.05) is 23.7 Å². The van der Waals surface area contributed by atoms with Gasteiger partial charge in [-0.25, -0.2) is 4.79 Å². The van der Waals surface area contributed by atoms with Crippen LogP contribution in [0.15, 0.2) is 27.4 Å². The Morgan fingerprint density at radius 3 is 3.09 bits per heavy atom. The lowest BCUT2D eigenvalue weighted by Crippen LogP contribution is -2.47. The third-order valence-electron chi connectivity index (χ3n) is 3.92. The van der Waals surface area contributed by atoms with E-state index in [1.807, 2.05) is 7.05 Å². The van der Waals surface area contributed by atoms with Crippen molar-refractivity contribution in [3.05, 3.63) is 33.8 Å². The first kappa shape index (κ1) is 15.1. The Balaban J connectivity index is 1.74. The number of halogens is 1. The zero-order chi connectivity index (χ0) is 15.7. The van der Waals surface area contributed by atoms with E-state index in [2.05, 4.69) is 10.2 Å². The molecule has 0 unspecified atom stereocenters. The van der Waals surface area contributed by atoms with E-state index in [-0.39, 0.29) is 18.5 Å². The van der Waals surface area contributed by atoms with Crippen LogP contribution < -0.4 is 11.1 Å². The minimum Gasteiger partial charge on any atom is -0.408 e. The molecule has 1 fully saturated rings. The molecule has 2 aromatic rings. The van der Waals surface area contributed by atoms with Crippen molar-refractivity contribution >= 4 is 28.6 Å². The van der Waals surface area contributed by atoms with Crippen LogP contribution in [0.5, 0.6) is 0 Å². The zero-order valence-electron chi connectivity index (χ0n) is 12.3. The first-order chi connectivity index (χ1) is 10.5. The van der Waals surface area contributed by atoms with Gasteiger partial charge in [-0.1, -0.05) is 11.6 Å². The molecule has 2 heterocycles. The van der Waals surface area contributed by atoms with Crippen molar-refractivity contribution in [3.63, 3.8) is 0 Å². The van der Waals surface area contributed by atoms with Gasteiger partial charge in [0.2, 0.25) is 5.91 Å². The Labute approximate surface area is 132 Å². The maximum absolute atomic E-state index is 12.2. The Morgan fingerprint density at radius 2 is 2.32 bits per heavy atom. The number of hydrogen-bond donors (Lipinski definition) is 1. The molecule has 22 heavy (non-hydrogen) atoms. The molecule has 118 valence electrons. The maximum atomic E-state index is 12.2. The van der Waals surface area contributed by atoms with Crippen LogP contribution >= 0.6 is 11.6 Å². The quantitative estimate of drug-likeness (QED) is 0.928. The number of carbonyl (C=O) groups is 1. The smallest absolute Gasteiger partial charge is 0.408 e. The Morgan fingerprint density at radius 1 is 1.50 bits per heavy atom. The van der Waals surface area contributed by atoms with Gasteiger partial charge in [-0.15, -0.1) is 0 Å². The van der Waals surface area contributed by atoms with E-state index in [9.17, 15) is 9.59 Å². The van der Waals surface area contributed by atoms with Gasteiger partial charge >= 0.3 is 5.76 Å². The van der Waals surface area contributed by atoms with Crippen LogP contribution in [0.4, 0.5) is 0 Å². The highest BCUT2D eigenvalue weighted by atomic mass is 35.5.